The van der Waals surface area contributed by atoms with Crippen LogP contribution in [0.2, 0.25) is 0 Å². The number of hydrogen-bond acceptors (Lipinski definition) is 10. The second-order valence-corrected chi connectivity index (χ2v) is 3.85. The molecule has 0 saturated carbocycles. The summed E-state index contributed by atoms with van der Waals surface area (Å²) >= 11 is 0. The van der Waals surface area contributed by atoms with Crippen molar-refractivity contribution in [2.24, 2.45) is 10.6 Å². The summed E-state index contributed by atoms with van der Waals surface area (Å²) in [6.45, 7) is 0. The molecular formula is H2N4Na2O10S2. The molecule has 0 heterocycles. The van der Waals surface area contributed by atoms with Gasteiger partial charge in [0.2, 0.25) is 10.6 Å². The summed E-state index contributed by atoms with van der Waals surface area (Å²) in [7, 11) is -10.3. The molecule has 0 fully saturated rings. The Kier molecular flexibility index (Phi) is 16.4. The molecule has 18 heteroatoms. The minimum Gasteiger partial charge on any atom is -0.690 e. The SMILES string of the molecule is O=S(=O)([O-])/[N+]([O-])=N/O.O=S(=O)([O-])/[N+]([O-])=N/O.[Na+].[Na+]. The van der Waals surface area contributed by atoms with Crippen molar-refractivity contribution in [3.63, 3.8) is 0 Å². The van der Waals surface area contributed by atoms with Crippen LogP contribution in [0.4, 0.5) is 0 Å². The maximum Gasteiger partial charge on any atom is 1.00 e. The molecule has 14 nitrogen and oxygen atoms in total. The monoisotopic (exact) mass is 328 g/mol. The first kappa shape index (κ1) is 26.7. The summed E-state index contributed by atoms with van der Waals surface area (Å²) in [4.78, 5) is 0. The normalized spacial score (nSPS) is 12.3. The van der Waals surface area contributed by atoms with Gasteiger partial charge in [0.25, 0.3) is 0 Å². The Balaban J connectivity index is -0.0000000980. The smallest absolute Gasteiger partial charge is 0.690 e. The van der Waals surface area contributed by atoms with Crippen LogP contribution in [-0.4, -0.2) is 44.9 Å². The van der Waals surface area contributed by atoms with Crippen LogP contribution < -0.4 is 59.1 Å². The van der Waals surface area contributed by atoms with Gasteiger partial charge in [0.15, 0.2) is 0 Å². The van der Waals surface area contributed by atoms with Gasteiger partial charge in [0.05, 0.1) is 8.53 Å². The van der Waals surface area contributed by atoms with Crippen molar-refractivity contribution in [3.05, 3.63) is 10.4 Å². The first-order chi connectivity index (χ1) is 6.96. The molecule has 0 spiro atoms. The fourth-order valence-electron chi connectivity index (χ4n) is 0.0894. The summed E-state index contributed by atoms with van der Waals surface area (Å²) in [5.41, 5.74) is 0. The molecule has 0 radical (unpaired) electrons. The van der Waals surface area contributed by atoms with E-state index in [1.807, 2.05) is 0 Å². The predicted octanol–water partition coefficient (Wildman–Crippen LogP) is -8.40. The Bertz CT molecular complexity index is 428. The fraction of sp³-hybridized carbons (Fsp3) is 0. The molecule has 0 unspecified atom stereocenters. The van der Waals surface area contributed by atoms with Crippen molar-refractivity contribution in [2.45, 2.75) is 0 Å². The first-order valence-electron chi connectivity index (χ1n) is 2.53. The van der Waals surface area contributed by atoms with Crippen LogP contribution in [-0.2, 0) is 20.6 Å². The largest absolute Gasteiger partial charge is 1.00 e. The average molecular weight is 328 g/mol. The van der Waals surface area contributed by atoms with E-state index in [-0.39, 0.29) is 59.1 Å². The summed E-state index contributed by atoms with van der Waals surface area (Å²) in [5, 5.41) is 36.6. The Hall–Kier alpha value is 0.220. The molecule has 18 heavy (non-hydrogen) atoms. The standard InChI is InChI=1S/2H2N2O5S.2Na/c2*3-1-2(4)8(5,6)7;;/h2*3H,(H,5,6,7);;/q;;2*+1/p-2/b2*2-1+;;. The van der Waals surface area contributed by atoms with Gasteiger partial charge in [-0.25, -0.2) is 0 Å². The minimum absolute atomic E-state index is 0. The zero-order valence-corrected chi connectivity index (χ0v) is 14.4. The van der Waals surface area contributed by atoms with E-state index < -0.39 is 29.1 Å². The van der Waals surface area contributed by atoms with E-state index in [9.17, 15) is 36.4 Å². The van der Waals surface area contributed by atoms with E-state index in [0.29, 0.717) is 0 Å². The Morgan fingerprint density at radius 1 is 0.778 bits per heavy atom. The van der Waals surface area contributed by atoms with E-state index in [1.165, 1.54) is 10.6 Å². The van der Waals surface area contributed by atoms with Gasteiger partial charge in [-0.15, -0.1) is 0 Å². The second-order valence-electron chi connectivity index (χ2n) is 1.51. The zero-order valence-electron chi connectivity index (χ0n) is 8.77. The van der Waals surface area contributed by atoms with Crippen molar-refractivity contribution < 1.29 is 104 Å². The van der Waals surface area contributed by atoms with Gasteiger partial charge in [0, 0.05) is 0 Å². The predicted molar refractivity (Wildman–Crippen MR) is 35.1 cm³/mol. The zero-order chi connectivity index (χ0) is 13.6. The molecular weight excluding hydrogens is 326 g/mol. The Morgan fingerprint density at radius 3 is 0.944 bits per heavy atom. The topological polar surface area (TPSA) is 232 Å². The molecule has 0 aromatic carbocycles. The molecule has 2 N–H and O–H groups in total. The van der Waals surface area contributed by atoms with E-state index in [4.69, 9.17) is 10.4 Å². The van der Waals surface area contributed by atoms with Crippen molar-refractivity contribution in [3.8, 4) is 0 Å². The first-order valence-corrected chi connectivity index (χ1v) is 5.26. The van der Waals surface area contributed by atoms with Crippen LogP contribution in [0.15, 0.2) is 10.6 Å². The molecule has 0 rings (SSSR count). The molecule has 0 saturated heterocycles. The molecule has 0 amide bonds. The van der Waals surface area contributed by atoms with Crippen LogP contribution in [0.3, 0.4) is 0 Å². The van der Waals surface area contributed by atoms with E-state index in [1.54, 1.807) is 0 Å². The Labute approximate surface area is 144 Å². The third kappa shape index (κ3) is 14.3. The molecule has 0 atom stereocenters. The van der Waals surface area contributed by atoms with Gasteiger partial charge < -0.3 is 29.9 Å². The molecule has 0 aliphatic carbocycles. The van der Waals surface area contributed by atoms with Crippen LogP contribution in [0, 0.1) is 10.4 Å². The fourth-order valence-corrected chi connectivity index (χ4v) is 0.268. The molecule has 0 bridgehead atoms. The molecule has 96 valence electrons. The minimum atomic E-state index is -5.14. The number of rotatable bonds is 2. The maximum atomic E-state index is 9.43. The summed E-state index contributed by atoms with van der Waals surface area (Å²) in [5.74, 6) is 0. The maximum absolute atomic E-state index is 9.43. The van der Waals surface area contributed by atoms with Crippen LogP contribution in [0.1, 0.15) is 0 Å². The van der Waals surface area contributed by atoms with Crippen LogP contribution in [0.5, 0.6) is 0 Å². The van der Waals surface area contributed by atoms with E-state index in [2.05, 4.69) is 0 Å². The van der Waals surface area contributed by atoms with Gasteiger partial charge in [-0.2, -0.15) is 16.8 Å². The van der Waals surface area contributed by atoms with E-state index in [0.717, 1.165) is 0 Å². The van der Waals surface area contributed by atoms with Gasteiger partial charge in [-0.05, 0) is 0 Å². The summed E-state index contributed by atoms with van der Waals surface area (Å²) in [6.07, 6.45) is 0. The van der Waals surface area contributed by atoms with Gasteiger partial charge in [-0.1, -0.05) is 0 Å². The van der Waals surface area contributed by atoms with Crippen LogP contribution in [0.25, 0.3) is 0 Å². The molecule has 0 aliphatic heterocycles. The number of nitrogens with zero attached hydrogens (tertiary/aromatic N) is 4. The summed E-state index contributed by atoms with van der Waals surface area (Å²) in [6, 6.07) is 0. The van der Waals surface area contributed by atoms with Gasteiger partial charge in [-0.3, -0.25) is 0 Å². The molecule has 0 aromatic rings. The van der Waals surface area contributed by atoms with Crippen molar-refractivity contribution in [2.75, 3.05) is 0 Å². The van der Waals surface area contributed by atoms with E-state index >= 15 is 0 Å². The Morgan fingerprint density at radius 2 is 0.944 bits per heavy atom. The van der Waals surface area contributed by atoms with Crippen molar-refractivity contribution >= 4 is 20.6 Å². The second kappa shape index (κ2) is 11.1. The molecule has 0 aliphatic rings. The van der Waals surface area contributed by atoms with Gasteiger partial charge >= 0.3 is 79.7 Å². The van der Waals surface area contributed by atoms with Gasteiger partial charge in [0.1, 0.15) is 0 Å². The van der Waals surface area contributed by atoms with Crippen LogP contribution >= 0.6 is 0 Å². The van der Waals surface area contributed by atoms with Crippen molar-refractivity contribution in [1.82, 2.24) is 0 Å². The third-order valence-electron chi connectivity index (χ3n) is 0.529. The molecule has 0 aromatic heterocycles. The quantitative estimate of drug-likeness (QED) is 0.159. The number of hydrogen-bond donors (Lipinski definition) is 2. The average Bonchev–Trinajstić information content (AvgIpc) is 2.13. The van der Waals surface area contributed by atoms with Crippen molar-refractivity contribution in [1.29, 1.82) is 0 Å². The summed E-state index contributed by atoms with van der Waals surface area (Å²) < 4.78 is 53.5. The third-order valence-corrected chi connectivity index (χ3v) is 1.44.